The lowest BCUT2D eigenvalue weighted by Gasteiger charge is -2.21. The zero-order valence-electron chi connectivity index (χ0n) is 40.8. The van der Waals surface area contributed by atoms with Crippen molar-refractivity contribution in [3.05, 3.63) is 230 Å². The zero-order valence-corrected chi connectivity index (χ0v) is 40.8. The molecule has 352 valence electrons. The minimum Gasteiger partial charge on any atom is -0.456 e. The van der Waals surface area contributed by atoms with Crippen molar-refractivity contribution in [2.45, 2.75) is 19.3 Å². The van der Waals surface area contributed by atoms with Gasteiger partial charge in [-0.25, -0.2) is 29.9 Å². The van der Waals surface area contributed by atoms with Gasteiger partial charge in [-0.15, -0.1) is 0 Å². The Labute approximate surface area is 430 Å². The number of aromatic nitrogens is 6. The van der Waals surface area contributed by atoms with Crippen molar-refractivity contribution in [1.29, 1.82) is 0 Å². The minimum atomic E-state index is -0.209. The second kappa shape index (κ2) is 16.6. The van der Waals surface area contributed by atoms with E-state index in [0.717, 1.165) is 93.6 Å². The Kier molecular flexibility index (Phi) is 9.44. The van der Waals surface area contributed by atoms with E-state index < -0.39 is 0 Å². The van der Waals surface area contributed by atoms with Crippen molar-refractivity contribution in [2.75, 3.05) is 0 Å². The zero-order chi connectivity index (χ0) is 49.8. The summed E-state index contributed by atoms with van der Waals surface area (Å²) in [5.74, 6) is 3.32. The Bertz CT molecular complexity index is 4650. The lowest BCUT2D eigenvalue weighted by molar-refractivity contribution is 0.660. The lowest BCUT2D eigenvalue weighted by atomic mass is 9.82. The fourth-order valence-electron chi connectivity index (χ4n) is 11.2. The number of hydrogen-bond donors (Lipinski definition) is 0. The van der Waals surface area contributed by atoms with Crippen molar-refractivity contribution in [2.24, 2.45) is 0 Å². The molecule has 0 bridgehead atoms. The normalized spacial score (nSPS) is 12.8. The molecular formula is C67H42N6O2. The highest BCUT2D eigenvalue weighted by molar-refractivity contribution is 6.12. The van der Waals surface area contributed by atoms with Crippen molar-refractivity contribution in [1.82, 2.24) is 29.9 Å². The maximum absolute atomic E-state index is 6.76. The highest BCUT2D eigenvalue weighted by Crippen LogP contribution is 2.50. The van der Waals surface area contributed by atoms with Crippen LogP contribution in [-0.4, -0.2) is 29.9 Å². The first-order chi connectivity index (χ1) is 36.9. The van der Waals surface area contributed by atoms with Gasteiger partial charge >= 0.3 is 0 Å². The van der Waals surface area contributed by atoms with Crippen molar-refractivity contribution < 1.29 is 8.83 Å². The number of fused-ring (bicyclic) bond motifs is 10. The molecular weight excluding hydrogens is 921 g/mol. The van der Waals surface area contributed by atoms with Gasteiger partial charge in [0.15, 0.2) is 34.9 Å². The summed E-state index contributed by atoms with van der Waals surface area (Å²) in [4.78, 5) is 31.6. The number of hydrogen-bond acceptors (Lipinski definition) is 8. The van der Waals surface area contributed by atoms with E-state index >= 15 is 0 Å². The molecule has 0 unspecified atom stereocenters. The van der Waals surface area contributed by atoms with Gasteiger partial charge in [0, 0.05) is 54.8 Å². The first-order valence-electron chi connectivity index (χ1n) is 25.2. The molecule has 0 aliphatic heterocycles. The Morgan fingerprint density at radius 3 is 1.65 bits per heavy atom. The molecule has 0 spiro atoms. The van der Waals surface area contributed by atoms with Gasteiger partial charge < -0.3 is 8.83 Å². The van der Waals surface area contributed by atoms with Crippen molar-refractivity contribution in [3.63, 3.8) is 0 Å². The van der Waals surface area contributed by atoms with E-state index in [1.165, 1.54) is 22.3 Å². The van der Waals surface area contributed by atoms with E-state index in [0.29, 0.717) is 40.5 Å². The topological polar surface area (TPSA) is 104 Å². The lowest BCUT2D eigenvalue weighted by Crippen LogP contribution is -2.15. The molecule has 1 aliphatic carbocycles. The fraction of sp³-hybridized carbons (Fsp3) is 0.0448. The SMILES string of the molecule is CC1(C)c2ccccc2-c2ccc(-c3nc(-c4cccc(-c5cc(-c6nc(-c7ccccc7)nc(-c7ccc8ccccc8c7)n6)c6oc7ccccc7c6c5)c4)nc(-c4cccc5oc6ccccc6c45)n3)cc21. The first-order valence-corrected chi connectivity index (χ1v) is 25.2. The van der Waals surface area contributed by atoms with E-state index in [-0.39, 0.29) is 5.41 Å². The Balaban J connectivity index is 0.922. The molecule has 0 amide bonds. The first kappa shape index (κ1) is 42.7. The van der Waals surface area contributed by atoms with Crippen LogP contribution in [0.5, 0.6) is 0 Å². The largest absolute Gasteiger partial charge is 0.456 e. The smallest absolute Gasteiger partial charge is 0.167 e. The number of benzene rings is 10. The summed E-state index contributed by atoms with van der Waals surface area (Å²) in [6.45, 7) is 4.59. The van der Waals surface area contributed by atoms with E-state index in [2.05, 4.69) is 153 Å². The van der Waals surface area contributed by atoms with Gasteiger partial charge in [0.25, 0.3) is 0 Å². The predicted molar refractivity (Wildman–Crippen MR) is 301 cm³/mol. The van der Waals surface area contributed by atoms with Gasteiger partial charge in [0.05, 0.1) is 5.56 Å². The van der Waals surface area contributed by atoms with Crippen molar-refractivity contribution in [3.8, 4) is 90.6 Å². The van der Waals surface area contributed by atoms with Gasteiger partial charge in [-0.2, -0.15) is 0 Å². The van der Waals surface area contributed by atoms with Gasteiger partial charge in [-0.3, -0.25) is 0 Å². The second-order valence-corrected chi connectivity index (χ2v) is 19.8. The molecule has 1 aliphatic rings. The number of nitrogens with zero attached hydrogens (tertiary/aromatic N) is 6. The van der Waals surface area contributed by atoms with Crippen LogP contribution in [0.3, 0.4) is 0 Å². The van der Waals surface area contributed by atoms with E-state index in [4.69, 9.17) is 38.7 Å². The predicted octanol–water partition coefficient (Wildman–Crippen LogP) is 17.0. The molecule has 4 heterocycles. The van der Waals surface area contributed by atoms with Crippen LogP contribution < -0.4 is 0 Å². The molecule has 0 N–H and O–H groups in total. The quantitative estimate of drug-likeness (QED) is 0.156. The summed E-state index contributed by atoms with van der Waals surface area (Å²) in [6.07, 6.45) is 0. The molecule has 0 radical (unpaired) electrons. The second-order valence-electron chi connectivity index (χ2n) is 19.8. The maximum Gasteiger partial charge on any atom is 0.167 e. The average molecular weight is 963 g/mol. The molecule has 0 saturated carbocycles. The molecule has 4 aromatic heterocycles. The Morgan fingerprint density at radius 2 is 0.840 bits per heavy atom. The number of para-hydroxylation sites is 2. The standard InChI is InChI=1S/C67H42N6O2/c1-67(2)54-26-11-8-22-47(54)48-33-32-45(38-55(48)67)64-69-62(71-65(72-64)51-25-15-29-58-59(51)50-24-10-13-28-57(50)74-58)43-21-14-20-42(35-43)46-36-52-49-23-9-12-27-56(49)75-60(52)53(37-46)66-70-61(40-17-4-3-5-18-40)68-63(73-66)44-31-30-39-16-6-7-19-41(39)34-44/h3-38H,1-2H3. The van der Waals surface area contributed by atoms with Crippen LogP contribution >= 0.6 is 0 Å². The summed E-state index contributed by atoms with van der Waals surface area (Å²) in [6, 6.07) is 75.2. The van der Waals surface area contributed by atoms with Crippen LogP contribution in [0, 0.1) is 0 Å². The molecule has 0 saturated heterocycles. The molecule has 0 atom stereocenters. The fourth-order valence-corrected chi connectivity index (χ4v) is 11.2. The molecule has 10 aromatic carbocycles. The van der Waals surface area contributed by atoms with Gasteiger partial charge in [0.1, 0.15) is 22.3 Å². The third-order valence-corrected chi connectivity index (χ3v) is 15.0. The molecule has 0 fully saturated rings. The highest BCUT2D eigenvalue weighted by Gasteiger charge is 2.35. The summed E-state index contributed by atoms with van der Waals surface area (Å²) < 4.78 is 13.1. The minimum absolute atomic E-state index is 0.209. The maximum atomic E-state index is 6.76. The summed E-state index contributed by atoms with van der Waals surface area (Å²) >= 11 is 0. The molecule has 8 heteroatoms. The van der Waals surface area contributed by atoms with Crippen LogP contribution in [0.25, 0.3) is 145 Å². The number of rotatable bonds is 7. The molecule has 8 nitrogen and oxygen atoms in total. The molecule has 14 aromatic rings. The van der Waals surface area contributed by atoms with Crippen molar-refractivity contribution >= 4 is 54.6 Å². The van der Waals surface area contributed by atoms with Crippen LogP contribution in [0.4, 0.5) is 0 Å². The monoisotopic (exact) mass is 962 g/mol. The van der Waals surface area contributed by atoms with Gasteiger partial charge in [0.2, 0.25) is 0 Å². The van der Waals surface area contributed by atoms with E-state index in [9.17, 15) is 0 Å². The van der Waals surface area contributed by atoms with Crippen LogP contribution in [0.1, 0.15) is 25.0 Å². The Hall–Kier alpha value is -9.92. The average Bonchev–Trinajstić information content (AvgIpc) is 4.13. The summed E-state index contributed by atoms with van der Waals surface area (Å²) in [7, 11) is 0. The van der Waals surface area contributed by atoms with Gasteiger partial charge in [-0.1, -0.05) is 184 Å². The summed E-state index contributed by atoms with van der Waals surface area (Å²) in [5, 5.41) is 6.15. The van der Waals surface area contributed by atoms with Crippen LogP contribution in [-0.2, 0) is 5.41 Å². The third kappa shape index (κ3) is 6.98. The number of furan rings is 2. The molecule has 75 heavy (non-hydrogen) atoms. The van der Waals surface area contributed by atoms with E-state index in [1.54, 1.807) is 0 Å². The van der Waals surface area contributed by atoms with Crippen LogP contribution in [0.2, 0.25) is 0 Å². The van der Waals surface area contributed by atoms with Gasteiger partial charge in [-0.05, 0) is 92.7 Å². The van der Waals surface area contributed by atoms with Crippen LogP contribution in [0.15, 0.2) is 227 Å². The summed E-state index contributed by atoms with van der Waals surface area (Å²) in [5.41, 5.74) is 14.9. The molecule has 15 rings (SSSR count). The third-order valence-electron chi connectivity index (χ3n) is 15.0. The van der Waals surface area contributed by atoms with E-state index in [1.807, 2.05) is 78.9 Å². The highest BCUT2D eigenvalue weighted by atomic mass is 16.3. The Morgan fingerprint density at radius 1 is 0.293 bits per heavy atom.